The number of ether oxygens (including phenoxy) is 1. The SMILES string of the molecule is COc1ccc2c(c1)c1c(c(=O)n(-c3ccccc3C)c(=O)n1CC(=O)Nc1cccc(C)c1)n2C. The number of nitrogens with one attached hydrogen (secondary N) is 1. The van der Waals surface area contributed by atoms with E-state index in [0.29, 0.717) is 33.5 Å². The molecule has 0 spiro atoms. The van der Waals surface area contributed by atoms with Crippen molar-refractivity contribution in [3.05, 3.63) is 98.7 Å². The first-order chi connectivity index (χ1) is 17.3. The molecule has 0 unspecified atom stereocenters. The lowest BCUT2D eigenvalue weighted by Gasteiger charge is -2.15. The van der Waals surface area contributed by atoms with E-state index < -0.39 is 11.2 Å². The predicted octanol–water partition coefficient (Wildman–Crippen LogP) is 3.91. The van der Waals surface area contributed by atoms with Gasteiger partial charge in [0.15, 0.2) is 0 Å². The van der Waals surface area contributed by atoms with Gasteiger partial charge in [0.25, 0.3) is 5.56 Å². The van der Waals surface area contributed by atoms with E-state index in [0.717, 1.165) is 21.2 Å². The van der Waals surface area contributed by atoms with E-state index in [9.17, 15) is 14.4 Å². The second kappa shape index (κ2) is 8.88. The second-order valence-corrected chi connectivity index (χ2v) is 8.85. The summed E-state index contributed by atoms with van der Waals surface area (Å²) in [5.41, 5.74) is 3.32. The van der Waals surface area contributed by atoms with Gasteiger partial charge in [0, 0.05) is 18.1 Å². The summed E-state index contributed by atoms with van der Waals surface area (Å²) in [5, 5.41) is 3.52. The van der Waals surface area contributed by atoms with Crippen LogP contribution in [0, 0.1) is 13.8 Å². The molecule has 0 aliphatic carbocycles. The number of aromatic nitrogens is 3. The van der Waals surface area contributed by atoms with Crippen LogP contribution in [-0.4, -0.2) is 26.7 Å². The Morgan fingerprint density at radius 3 is 2.44 bits per heavy atom. The van der Waals surface area contributed by atoms with Crippen molar-refractivity contribution in [1.82, 2.24) is 13.7 Å². The number of hydrogen-bond donors (Lipinski definition) is 1. The molecular formula is C28H26N4O4. The number of nitrogens with zero attached hydrogens (tertiary/aromatic N) is 3. The van der Waals surface area contributed by atoms with E-state index in [1.165, 1.54) is 4.57 Å². The van der Waals surface area contributed by atoms with Crippen LogP contribution in [0.3, 0.4) is 0 Å². The van der Waals surface area contributed by atoms with Gasteiger partial charge in [-0.25, -0.2) is 9.36 Å². The van der Waals surface area contributed by atoms with Crippen molar-refractivity contribution in [3.63, 3.8) is 0 Å². The Morgan fingerprint density at radius 1 is 0.944 bits per heavy atom. The molecule has 3 aromatic carbocycles. The first-order valence-electron chi connectivity index (χ1n) is 11.5. The third-order valence-corrected chi connectivity index (χ3v) is 6.44. The van der Waals surface area contributed by atoms with Gasteiger partial charge in [-0.1, -0.05) is 30.3 Å². The summed E-state index contributed by atoms with van der Waals surface area (Å²) in [6, 6.07) is 20.0. The number of hydrogen-bond acceptors (Lipinski definition) is 4. The summed E-state index contributed by atoms with van der Waals surface area (Å²) in [6.07, 6.45) is 0. The summed E-state index contributed by atoms with van der Waals surface area (Å²) in [7, 11) is 3.34. The molecule has 1 N–H and O–H groups in total. The number of rotatable bonds is 5. The molecule has 36 heavy (non-hydrogen) atoms. The zero-order valence-corrected chi connectivity index (χ0v) is 20.5. The molecule has 0 atom stereocenters. The molecule has 8 nitrogen and oxygen atoms in total. The number of para-hydroxylation sites is 1. The lowest BCUT2D eigenvalue weighted by atomic mass is 10.2. The van der Waals surface area contributed by atoms with Crippen LogP contribution in [-0.2, 0) is 18.4 Å². The van der Waals surface area contributed by atoms with Crippen LogP contribution in [0.2, 0.25) is 0 Å². The zero-order chi connectivity index (χ0) is 25.6. The molecule has 0 radical (unpaired) electrons. The highest BCUT2D eigenvalue weighted by molar-refractivity contribution is 6.07. The third kappa shape index (κ3) is 3.76. The van der Waals surface area contributed by atoms with Gasteiger partial charge in [-0.05, 0) is 61.4 Å². The fraction of sp³-hybridized carbons (Fsp3) is 0.179. The highest BCUT2D eigenvalue weighted by atomic mass is 16.5. The molecule has 0 fully saturated rings. The van der Waals surface area contributed by atoms with E-state index in [1.54, 1.807) is 49.1 Å². The van der Waals surface area contributed by atoms with Crippen molar-refractivity contribution in [2.24, 2.45) is 7.05 Å². The van der Waals surface area contributed by atoms with Gasteiger partial charge in [-0.15, -0.1) is 0 Å². The van der Waals surface area contributed by atoms with Crippen LogP contribution in [0.5, 0.6) is 5.75 Å². The Morgan fingerprint density at radius 2 is 1.72 bits per heavy atom. The van der Waals surface area contributed by atoms with Crippen LogP contribution in [0.4, 0.5) is 5.69 Å². The molecule has 0 saturated carbocycles. The number of amides is 1. The van der Waals surface area contributed by atoms with Gasteiger partial charge >= 0.3 is 5.69 Å². The maximum absolute atomic E-state index is 13.9. The van der Waals surface area contributed by atoms with Gasteiger partial charge in [0.1, 0.15) is 17.8 Å². The van der Waals surface area contributed by atoms with Crippen LogP contribution >= 0.6 is 0 Å². The summed E-state index contributed by atoms with van der Waals surface area (Å²) in [6.45, 7) is 3.50. The van der Waals surface area contributed by atoms with Gasteiger partial charge in [0.05, 0.1) is 23.8 Å². The van der Waals surface area contributed by atoms with Gasteiger partial charge in [-0.2, -0.15) is 0 Å². The minimum absolute atomic E-state index is 0.272. The summed E-state index contributed by atoms with van der Waals surface area (Å²) >= 11 is 0. The topological polar surface area (TPSA) is 87.3 Å². The fourth-order valence-electron chi connectivity index (χ4n) is 4.70. The molecule has 5 rings (SSSR count). The van der Waals surface area contributed by atoms with Gasteiger partial charge < -0.3 is 14.6 Å². The lowest BCUT2D eigenvalue weighted by molar-refractivity contribution is -0.116. The van der Waals surface area contributed by atoms with Crippen molar-refractivity contribution in [2.45, 2.75) is 20.4 Å². The number of anilines is 1. The number of aryl methyl sites for hydroxylation is 3. The number of carbonyl (C=O) groups excluding carboxylic acids is 1. The van der Waals surface area contributed by atoms with Gasteiger partial charge in [0.2, 0.25) is 5.91 Å². The molecule has 2 heterocycles. The van der Waals surface area contributed by atoms with Crippen LogP contribution in [0.1, 0.15) is 11.1 Å². The Labute approximate surface area is 207 Å². The molecule has 1 amide bonds. The van der Waals surface area contributed by atoms with E-state index >= 15 is 0 Å². The lowest BCUT2D eigenvalue weighted by Crippen LogP contribution is -2.41. The van der Waals surface area contributed by atoms with Crippen molar-refractivity contribution in [1.29, 1.82) is 0 Å². The molecule has 0 saturated heterocycles. The standard InChI is InChI=1S/C28H26N4O4/c1-17-8-7-10-19(14-17)29-24(33)16-31-25-21-15-20(36-4)12-13-23(21)30(3)26(25)27(34)32(28(31)35)22-11-6-5-9-18(22)2/h5-15H,16H2,1-4H3,(H,29,33). The number of carbonyl (C=O) groups is 1. The quantitative estimate of drug-likeness (QED) is 0.412. The molecular weight excluding hydrogens is 456 g/mol. The van der Waals surface area contributed by atoms with E-state index in [-0.39, 0.29) is 12.5 Å². The van der Waals surface area contributed by atoms with E-state index in [4.69, 9.17) is 4.74 Å². The average molecular weight is 483 g/mol. The van der Waals surface area contributed by atoms with Crippen molar-refractivity contribution < 1.29 is 9.53 Å². The van der Waals surface area contributed by atoms with Crippen LogP contribution < -0.4 is 21.3 Å². The Kier molecular flexibility index (Phi) is 5.72. The van der Waals surface area contributed by atoms with E-state index in [1.807, 2.05) is 50.2 Å². The normalized spacial score (nSPS) is 11.2. The largest absolute Gasteiger partial charge is 0.497 e. The van der Waals surface area contributed by atoms with E-state index in [2.05, 4.69) is 5.32 Å². The maximum Gasteiger partial charge on any atom is 0.336 e. The summed E-state index contributed by atoms with van der Waals surface area (Å²) < 4.78 is 9.68. The smallest absolute Gasteiger partial charge is 0.336 e. The monoisotopic (exact) mass is 482 g/mol. The molecule has 0 bridgehead atoms. The van der Waals surface area contributed by atoms with Crippen LogP contribution in [0.15, 0.2) is 76.3 Å². The summed E-state index contributed by atoms with van der Waals surface area (Å²) in [4.78, 5) is 40.9. The number of fused-ring (bicyclic) bond motifs is 3. The molecule has 5 aromatic rings. The Balaban J connectivity index is 1.81. The molecule has 182 valence electrons. The fourth-order valence-corrected chi connectivity index (χ4v) is 4.70. The number of methoxy groups -OCH3 is 1. The second-order valence-electron chi connectivity index (χ2n) is 8.85. The first-order valence-corrected chi connectivity index (χ1v) is 11.5. The number of benzene rings is 3. The highest BCUT2D eigenvalue weighted by Gasteiger charge is 2.23. The minimum atomic E-state index is -0.587. The van der Waals surface area contributed by atoms with Crippen molar-refractivity contribution in [3.8, 4) is 11.4 Å². The highest BCUT2D eigenvalue weighted by Crippen LogP contribution is 2.29. The van der Waals surface area contributed by atoms with Crippen molar-refractivity contribution in [2.75, 3.05) is 12.4 Å². The molecule has 0 aliphatic heterocycles. The van der Waals surface area contributed by atoms with Crippen molar-refractivity contribution >= 4 is 33.5 Å². The zero-order valence-electron chi connectivity index (χ0n) is 20.5. The van der Waals surface area contributed by atoms with Gasteiger partial charge in [-0.3, -0.25) is 14.2 Å². The maximum atomic E-state index is 13.9. The predicted molar refractivity (Wildman–Crippen MR) is 141 cm³/mol. The first kappa shape index (κ1) is 23.2. The average Bonchev–Trinajstić information content (AvgIpc) is 3.14. The molecule has 0 aliphatic rings. The molecule has 2 aromatic heterocycles. The van der Waals surface area contributed by atoms with Crippen LogP contribution in [0.25, 0.3) is 27.6 Å². The minimum Gasteiger partial charge on any atom is -0.497 e. The Bertz CT molecular complexity index is 1780. The summed E-state index contributed by atoms with van der Waals surface area (Å²) in [5.74, 6) is 0.208. The third-order valence-electron chi connectivity index (χ3n) is 6.44. The Hall–Kier alpha value is -4.59. The molecule has 8 heteroatoms.